The van der Waals surface area contributed by atoms with Gasteiger partial charge in [0.2, 0.25) is 0 Å². The molecule has 3 aliphatic rings. The molecular formula is C26H26F4N4O2S. The minimum Gasteiger partial charge on any atom is -0.267 e. The number of alkyl halides is 3. The molecule has 2 aromatic carbocycles. The number of benzene rings is 2. The summed E-state index contributed by atoms with van der Waals surface area (Å²) in [7, 11) is -2.37. The Labute approximate surface area is 212 Å². The van der Waals surface area contributed by atoms with Gasteiger partial charge in [0.15, 0.2) is 0 Å². The molecule has 6 nitrogen and oxygen atoms in total. The molecule has 1 aliphatic heterocycles. The number of hydrogen-bond donors (Lipinski definition) is 1. The van der Waals surface area contributed by atoms with Crippen LogP contribution in [0.5, 0.6) is 0 Å². The van der Waals surface area contributed by atoms with Crippen molar-refractivity contribution in [2.24, 2.45) is 18.9 Å². The molecule has 11 heteroatoms. The molecular weight excluding hydrogens is 508 g/mol. The third-order valence-corrected chi connectivity index (χ3v) is 9.80. The molecule has 0 unspecified atom stereocenters. The predicted molar refractivity (Wildman–Crippen MR) is 130 cm³/mol. The Hall–Kier alpha value is -2.76. The van der Waals surface area contributed by atoms with Gasteiger partial charge in [0.25, 0.3) is 10.2 Å². The number of fused-ring (bicyclic) bond motifs is 1. The van der Waals surface area contributed by atoms with E-state index in [1.165, 1.54) is 12.1 Å². The fourth-order valence-corrected chi connectivity index (χ4v) is 8.21. The summed E-state index contributed by atoms with van der Waals surface area (Å²) in [6.07, 6.45) is -1.86. The minimum atomic E-state index is -4.60. The zero-order chi connectivity index (χ0) is 26.2. The van der Waals surface area contributed by atoms with Crippen LogP contribution in [0, 0.1) is 17.7 Å². The van der Waals surface area contributed by atoms with Crippen molar-refractivity contribution in [2.75, 3.05) is 13.1 Å². The van der Waals surface area contributed by atoms with Crippen LogP contribution >= 0.6 is 0 Å². The fraction of sp³-hybridized carbons (Fsp3) is 0.423. The average Bonchev–Trinajstić information content (AvgIpc) is 3.38. The van der Waals surface area contributed by atoms with Crippen molar-refractivity contribution in [3.05, 3.63) is 65.5 Å². The number of hydrogen-bond acceptors (Lipinski definition) is 3. The summed E-state index contributed by atoms with van der Waals surface area (Å²) in [4.78, 5) is 0. The first kappa shape index (κ1) is 24.6. The van der Waals surface area contributed by atoms with Gasteiger partial charge in [-0.05, 0) is 85.0 Å². The van der Waals surface area contributed by atoms with Crippen LogP contribution in [-0.2, 0) is 30.1 Å². The monoisotopic (exact) mass is 534 g/mol. The Morgan fingerprint density at radius 2 is 1.65 bits per heavy atom. The molecule has 2 fully saturated rings. The molecule has 1 spiro atoms. The van der Waals surface area contributed by atoms with Crippen molar-refractivity contribution in [1.82, 2.24) is 18.8 Å². The largest absolute Gasteiger partial charge is 0.402 e. The standard InChI is InChI=1S/C26H26F4N4O2S/c1-33-24(13-23(31-33)16-4-8-22(27)9-5-16)18-3-2-17-11-20-6-7-21(12-19(17)10-18)25(20)14-34(15-26(28,29)30)37(35,36)32-25/h2-5,8-10,13,20-21,32H,6-7,11-12,14-15H2,1H3/t20-,21+,25+/m0/s1. The quantitative estimate of drug-likeness (QED) is 0.505. The number of aromatic nitrogens is 2. The number of nitrogens with one attached hydrogen (secondary N) is 1. The zero-order valence-electron chi connectivity index (χ0n) is 20.1. The van der Waals surface area contributed by atoms with E-state index in [0.717, 1.165) is 46.5 Å². The molecule has 2 aliphatic carbocycles. The second-order valence-corrected chi connectivity index (χ2v) is 12.1. The molecule has 196 valence electrons. The average molecular weight is 535 g/mol. The maximum absolute atomic E-state index is 13.3. The SMILES string of the molecule is Cn1nc(-c2ccc(F)cc2)cc1-c1ccc2c(c1)C[C@H]1CC[C@@H](C2)[C@]12CN(CC(F)(F)F)S(=O)(=O)N2. The van der Waals surface area contributed by atoms with Crippen molar-refractivity contribution < 1.29 is 26.0 Å². The molecule has 0 radical (unpaired) electrons. The third kappa shape index (κ3) is 4.26. The molecule has 1 N–H and O–H groups in total. The van der Waals surface area contributed by atoms with Gasteiger partial charge in [0, 0.05) is 24.7 Å². The fourth-order valence-electron chi connectivity index (χ4n) is 6.50. The van der Waals surface area contributed by atoms with Crippen LogP contribution in [0.15, 0.2) is 48.5 Å². The van der Waals surface area contributed by atoms with E-state index in [9.17, 15) is 26.0 Å². The van der Waals surface area contributed by atoms with Gasteiger partial charge >= 0.3 is 6.18 Å². The molecule has 6 rings (SSSR count). The number of rotatable bonds is 3. The van der Waals surface area contributed by atoms with Gasteiger partial charge < -0.3 is 0 Å². The lowest BCUT2D eigenvalue weighted by Crippen LogP contribution is -2.52. The van der Waals surface area contributed by atoms with Crippen LogP contribution < -0.4 is 4.72 Å². The van der Waals surface area contributed by atoms with Gasteiger partial charge in [0.1, 0.15) is 12.4 Å². The lowest BCUT2D eigenvalue weighted by Gasteiger charge is -2.33. The summed E-state index contributed by atoms with van der Waals surface area (Å²) in [5.41, 5.74) is 4.63. The van der Waals surface area contributed by atoms with Crippen molar-refractivity contribution in [3.8, 4) is 22.5 Å². The summed E-state index contributed by atoms with van der Waals surface area (Å²) in [6.45, 7) is -1.63. The maximum Gasteiger partial charge on any atom is 0.402 e. The van der Waals surface area contributed by atoms with Crippen molar-refractivity contribution in [3.63, 3.8) is 0 Å². The van der Waals surface area contributed by atoms with Gasteiger partial charge in [-0.15, -0.1) is 0 Å². The van der Waals surface area contributed by atoms with Crippen LogP contribution in [0.2, 0.25) is 0 Å². The summed E-state index contributed by atoms with van der Waals surface area (Å²) in [6, 6.07) is 14.2. The van der Waals surface area contributed by atoms with Crippen LogP contribution in [0.1, 0.15) is 24.0 Å². The van der Waals surface area contributed by atoms with E-state index in [1.54, 1.807) is 16.8 Å². The normalized spacial score (nSPS) is 26.9. The lowest BCUT2D eigenvalue weighted by atomic mass is 9.79. The summed E-state index contributed by atoms with van der Waals surface area (Å²) < 4.78 is 83.2. The molecule has 1 aromatic heterocycles. The molecule has 3 atom stereocenters. The number of nitrogens with zero attached hydrogens (tertiary/aromatic N) is 3. The first-order valence-corrected chi connectivity index (χ1v) is 13.7. The van der Waals surface area contributed by atoms with Crippen molar-refractivity contribution >= 4 is 10.2 Å². The Balaban J connectivity index is 1.31. The number of aryl methyl sites for hydroxylation is 1. The Morgan fingerprint density at radius 3 is 2.32 bits per heavy atom. The van der Waals surface area contributed by atoms with E-state index in [2.05, 4.69) is 15.9 Å². The van der Waals surface area contributed by atoms with E-state index in [0.29, 0.717) is 17.1 Å². The van der Waals surface area contributed by atoms with E-state index in [4.69, 9.17) is 0 Å². The second-order valence-electron chi connectivity index (χ2n) is 10.4. The highest BCUT2D eigenvalue weighted by molar-refractivity contribution is 7.87. The van der Waals surface area contributed by atoms with E-state index in [1.807, 2.05) is 25.2 Å². The molecule has 37 heavy (non-hydrogen) atoms. The molecule has 1 saturated heterocycles. The van der Waals surface area contributed by atoms with Crippen LogP contribution in [0.3, 0.4) is 0 Å². The smallest absolute Gasteiger partial charge is 0.267 e. The van der Waals surface area contributed by atoms with Crippen LogP contribution in [-0.4, -0.2) is 47.3 Å². The molecule has 2 bridgehead atoms. The van der Waals surface area contributed by atoms with E-state index in [-0.39, 0.29) is 24.2 Å². The lowest BCUT2D eigenvalue weighted by molar-refractivity contribution is -0.136. The highest BCUT2D eigenvalue weighted by Gasteiger charge is 2.60. The van der Waals surface area contributed by atoms with Crippen LogP contribution in [0.4, 0.5) is 17.6 Å². The van der Waals surface area contributed by atoms with Gasteiger partial charge in [0.05, 0.1) is 16.9 Å². The van der Waals surface area contributed by atoms with Crippen LogP contribution in [0.25, 0.3) is 22.5 Å². The third-order valence-electron chi connectivity index (χ3n) is 8.23. The topological polar surface area (TPSA) is 67.2 Å². The molecule has 0 amide bonds. The van der Waals surface area contributed by atoms with Gasteiger partial charge in [-0.1, -0.05) is 12.1 Å². The second kappa shape index (κ2) is 8.37. The first-order chi connectivity index (χ1) is 17.4. The van der Waals surface area contributed by atoms with Gasteiger partial charge in [-0.25, -0.2) is 4.39 Å². The summed E-state index contributed by atoms with van der Waals surface area (Å²) in [5.74, 6) is -0.480. The van der Waals surface area contributed by atoms with Crippen molar-refractivity contribution in [2.45, 2.75) is 37.4 Å². The summed E-state index contributed by atoms with van der Waals surface area (Å²) in [5, 5.41) is 4.59. The zero-order valence-corrected chi connectivity index (χ0v) is 20.9. The summed E-state index contributed by atoms with van der Waals surface area (Å²) >= 11 is 0. The predicted octanol–water partition coefficient (Wildman–Crippen LogP) is 4.47. The Kier molecular flexibility index (Phi) is 5.56. The minimum absolute atomic E-state index is 0.0700. The number of halogens is 4. The molecule has 3 aromatic rings. The van der Waals surface area contributed by atoms with E-state index < -0.39 is 28.5 Å². The maximum atomic E-state index is 13.3. The van der Waals surface area contributed by atoms with E-state index >= 15 is 0 Å². The van der Waals surface area contributed by atoms with Crippen molar-refractivity contribution in [1.29, 1.82) is 0 Å². The highest BCUT2D eigenvalue weighted by atomic mass is 32.2. The molecule has 1 saturated carbocycles. The Bertz CT molecular complexity index is 1470. The highest BCUT2D eigenvalue weighted by Crippen LogP contribution is 2.51. The van der Waals surface area contributed by atoms with Gasteiger partial charge in [-0.2, -0.15) is 35.7 Å². The molecule has 2 heterocycles. The Morgan fingerprint density at radius 1 is 1.00 bits per heavy atom. The van der Waals surface area contributed by atoms with Gasteiger partial charge in [-0.3, -0.25) is 4.68 Å². The first-order valence-electron chi connectivity index (χ1n) is 12.2.